The summed E-state index contributed by atoms with van der Waals surface area (Å²) in [5.41, 5.74) is 15.1. The molecule has 12 heavy (non-hydrogen) atoms. The topological polar surface area (TPSA) is 124 Å². The monoisotopic (exact) mass is 304 g/mol. The van der Waals surface area contributed by atoms with Gasteiger partial charge in [-0.1, -0.05) is 0 Å². The van der Waals surface area contributed by atoms with Crippen LogP contribution >= 0.6 is 28.3 Å². The molecular formula is C4H10IN4O2P. The molecule has 70 valence electrons. The van der Waals surface area contributed by atoms with Crippen molar-refractivity contribution < 1.29 is 9.59 Å². The van der Waals surface area contributed by atoms with Gasteiger partial charge in [-0.2, -0.15) is 0 Å². The molecule has 0 aliphatic heterocycles. The molecule has 0 aliphatic rings. The van der Waals surface area contributed by atoms with Crippen LogP contribution in [0.2, 0.25) is 0 Å². The van der Waals surface area contributed by atoms with E-state index in [2.05, 4.69) is 5.32 Å². The Hall–Kier alpha value is 0.180. The molecule has 0 rings (SSSR count). The Kier molecular flexibility index (Phi) is 5.85. The molecule has 0 saturated heterocycles. The minimum Gasteiger partial charge on any atom is -0.331 e. The summed E-state index contributed by atoms with van der Waals surface area (Å²) >= 11 is 1.88. The van der Waals surface area contributed by atoms with Gasteiger partial charge in [0.15, 0.2) is 5.52 Å². The predicted molar refractivity (Wildman–Crippen MR) is 55.6 cm³/mol. The van der Waals surface area contributed by atoms with Crippen molar-refractivity contribution >= 4 is 39.7 Å². The Labute approximate surface area is 84.2 Å². The van der Waals surface area contributed by atoms with Gasteiger partial charge in [-0.05, 0) is 22.0 Å². The number of hydrogen-bond acceptors (Lipinski definition) is 5. The van der Waals surface area contributed by atoms with Crippen molar-refractivity contribution in [3.8, 4) is 0 Å². The van der Waals surface area contributed by atoms with E-state index in [-0.39, 0.29) is 11.7 Å². The number of nitrogens with two attached hydrogens (primary N) is 3. The average molecular weight is 304 g/mol. The third-order valence-corrected chi connectivity index (χ3v) is 3.07. The number of amides is 1. The highest BCUT2D eigenvalue weighted by atomic mass is 127. The van der Waals surface area contributed by atoms with Crippen molar-refractivity contribution in [3.63, 3.8) is 0 Å². The van der Waals surface area contributed by atoms with E-state index in [0.29, 0.717) is 0 Å². The van der Waals surface area contributed by atoms with Crippen molar-refractivity contribution in [2.75, 3.05) is 0 Å². The van der Waals surface area contributed by atoms with E-state index < -0.39 is 18.2 Å². The highest BCUT2D eigenvalue weighted by Crippen LogP contribution is 2.21. The zero-order valence-corrected chi connectivity index (χ0v) is 9.24. The summed E-state index contributed by atoms with van der Waals surface area (Å²) < 4.78 is 0. The third-order valence-electron chi connectivity index (χ3n) is 0.976. The molecule has 0 bridgehead atoms. The maximum absolute atomic E-state index is 10.9. The molecule has 1 amide bonds. The molecule has 8 heteroatoms. The van der Waals surface area contributed by atoms with Gasteiger partial charge in [-0.3, -0.25) is 9.59 Å². The van der Waals surface area contributed by atoms with E-state index in [1.54, 1.807) is 0 Å². The van der Waals surface area contributed by atoms with Crippen molar-refractivity contribution in [1.29, 1.82) is 0 Å². The maximum atomic E-state index is 10.9. The summed E-state index contributed by atoms with van der Waals surface area (Å²) in [5, 5.41) is 2.17. The SMILES string of the molecule is NC(N)C(=O)N[C@@H](N)C(=O)PI. The van der Waals surface area contributed by atoms with Gasteiger partial charge in [0.05, 0.1) is 0 Å². The second kappa shape index (κ2) is 5.76. The second-order valence-electron chi connectivity index (χ2n) is 1.97. The summed E-state index contributed by atoms with van der Waals surface area (Å²) in [6.45, 7) is 0. The molecule has 0 radical (unpaired) electrons. The third kappa shape index (κ3) is 4.27. The van der Waals surface area contributed by atoms with E-state index in [9.17, 15) is 9.59 Å². The first-order valence-corrected chi connectivity index (χ1v) is 7.08. The van der Waals surface area contributed by atoms with Crippen LogP contribution in [-0.2, 0) is 9.59 Å². The maximum Gasteiger partial charge on any atom is 0.253 e. The van der Waals surface area contributed by atoms with Crippen molar-refractivity contribution in [1.82, 2.24) is 5.32 Å². The van der Waals surface area contributed by atoms with Gasteiger partial charge >= 0.3 is 0 Å². The van der Waals surface area contributed by atoms with Crippen LogP contribution in [0.1, 0.15) is 0 Å². The van der Waals surface area contributed by atoms with Crippen LogP contribution in [0.3, 0.4) is 0 Å². The Morgan fingerprint density at radius 3 is 2.17 bits per heavy atom. The molecule has 0 fully saturated rings. The molecule has 0 aromatic heterocycles. The second-order valence-corrected chi connectivity index (χ2v) is 4.27. The van der Waals surface area contributed by atoms with E-state index in [1.165, 1.54) is 0 Å². The van der Waals surface area contributed by atoms with E-state index in [4.69, 9.17) is 17.2 Å². The normalized spacial score (nSPS) is 13.8. The average Bonchev–Trinajstić information content (AvgIpc) is 2.02. The molecule has 0 aliphatic carbocycles. The number of rotatable bonds is 4. The highest BCUT2D eigenvalue weighted by Gasteiger charge is 2.16. The quantitative estimate of drug-likeness (QED) is 0.277. The fourth-order valence-electron chi connectivity index (χ4n) is 0.374. The standard InChI is InChI=1S/C4H10IN4O2P/c5-12-4(11)2(8)9-3(10)1(6)7/h1-2,12H,6-8H2,(H,9,10)/t2-/m1/s1. The summed E-state index contributed by atoms with van der Waals surface area (Å²) in [5.74, 6) is -0.634. The molecule has 1 unspecified atom stereocenters. The summed E-state index contributed by atoms with van der Waals surface area (Å²) in [7, 11) is 0. The fourth-order valence-corrected chi connectivity index (χ4v) is 1.57. The van der Waals surface area contributed by atoms with E-state index in [0.717, 1.165) is 0 Å². The summed E-state index contributed by atoms with van der Waals surface area (Å²) in [6, 6.07) is 0. The Morgan fingerprint density at radius 2 is 1.83 bits per heavy atom. The predicted octanol–water partition coefficient (Wildman–Crippen LogP) is -1.81. The van der Waals surface area contributed by atoms with E-state index >= 15 is 0 Å². The number of nitrogens with one attached hydrogen (secondary N) is 1. The lowest BCUT2D eigenvalue weighted by molar-refractivity contribution is -0.125. The van der Waals surface area contributed by atoms with Gasteiger partial charge in [0.25, 0.3) is 5.91 Å². The van der Waals surface area contributed by atoms with Crippen LogP contribution in [0.4, 0.5) is 0 Å². The minimum atomic E-state index is -1.14. The van der Waals surface area contributed by atoms with Crippen LogP contribution in [0.15, 0.2) is 0 Å². The lowest BCUT2D eigenvalue weighted by atomic mass is 10.4. The lowest BCUT2D eigenvalue weighted by Gasteiger charge is -2.12. The molecule has 2 atom stereocenters. The molecule has 0 spiro atoms. The Morgan fingerprint density at radius 1 is 1.33 bits per heavy atom. The smallest absolute Gasteiger partial charge is 0.253 e. The summed E-state index contributed by atoms with van der Waals surface area (Å²) in [4.78, 5) is 21.6. The first-order valence-electron chi connectivity index (χ1n) is 2.96. The number of carbonyl (C=O) groups excluding carboxylic acids is 2. The van der Waals surface area contributed by atoms with Crippen LogP contribution in [0, 0.1) is 0 Å². The lowest BCUT2D eigenvalue weighted by Crippen LogP contribution is -2.54. The largest absolute Gasteiger partial charge is 0.331 e. The number of carbonyl (C=O) groups is 2. The number of halogens is 1. The van der Waals surface area contributed by atoms with Crippen molar-refractivity contribution in [3.05, 3.63) is 0 Å². The molecule has 0 aromatic rings. The van der Waals surface area contributed by atoms with Crippen molar-refractivity contribution in [2.24, 2.45) is 17.2 Å². The minimum absolute atomic E-state index is 0.0147. The van der Waals surface area contributed by atoms with Crippen molar-refractivity contribution in [2.45, 2.75) is 12.3 Å². The molecular weight excluding hydrogens is 294 g/mol. The molecule has 7 N–H and O–H groups in total. The van der Waals surface area contributed by atoms with E-state index in [1.807, 2.05) is 22.0 Å². The van der Waals surface area contributed by atoms with Crippen LogP contribution in [0.25, 0.3) is 0 Å². The zero-order valence-electron chi connectivity index (χ0n) is 6.08. The summed E-state index contributed by atoms with van der Waals surface area (Å²) in [6.07, 6.45) is -2.12. The molecule has 0 aromatic carbocycles. The van der Waals surface area contributed by atoms with Gasteiger partial charge in [0, 0.05) is 6.22 Å². The van der Waals surface area contributed by atoms with Gasteiger partial charge in [0.1, 0.15) is 12.3 Å². The van der Waals surface area contributed by atoms with Crippen LogP contribution in [-0.4, -0.2) is 23.8 Å². The van der Waals surface area contributed by atoms with Gasteiger partial charge in [0.2, 0.25) is 0 Å². The molecule has 6 nitrogen and oxygen atoms in total. The first kappa shape index (κ1) is 12.2. The highest BCUT2D eigenvalue weighted by molar-refractivity contribution is 14.2. The van der Waals surface area contributed by atoms with Crippen LogP contribution < -0.4 is 22.5 Å². The van der Waals surface area contributed by atoms with Crippen LogP contribution in [0.5, 0.6) is 0 Å². The van der Waals surface area contributed by atoms with Gasteiger partial charge < -0.3 is 22.5 Å². The first-order chi connectivity index (χ1) is 5.49. The number of hydrogen-bond donors (Lipinski definition) is 4. The van der Waals surface area contributed by atoms with Gasteiger partial charge in [-0.15, -0.1) is 0 Å². The zero-order chi connectivity index (χ0) is 9.72. The Balaban J connectivity index is 3.92. The Bertz CT molecular complexity index is 188. The van der Waals surface area contributed by atoms with Gasteiger partial charge in [-0.25, -0.2) is 0 Å². The molecule has 0 saturated carbocycles. The molecule has 0 heterocycles. The fraction of sp³-hybridized carbons (Fsp3) is 0.500.